The first kappa shape index (κ1) is 15.2. The fourth-order valence-corrected chi connectivity index (χ4v) is 3.52. The number of nitrogens with one attached hydrogen (secondary N) is 2. The van der Waals surface area contributed by atoms with E-state index in [0.29, 0.717) is 11.4 Å². The third-order valence-corrected chi connectivity index (χ3v) is 4.78. The number of rotatable bonds is 3. The molecule has 2 amide bonds. The maximum absolute atomic E-state index is 12.5. The molecule has 0 aliphatic heterocycles. The molecule has 116 valence electrons. The van der Waals surface area contributed by atoms with Crippen LogP contribution in [0.1, 0.15) is 22.2 Å². The van der Waals surface area contributed by atoms with Crippen molar-refractivity contribution >= 4 is 44.6 Å². The van der Waals surface area contributed by atoms with Crippen LogP contribution < -0.4 is 10.6 Å². The van der Waals surface area contributed by atoms with E-state index < -0.39 is 0 Å². The Kier molecular flexibility index (Phi) is 4.12. The Hall–Kier alpha value is -2.66. The first-order valence-electron chi connectivity index (χ1n) is 7.22. The summed E-state index contributed by atoms with van der Waals surface area (Å²) in [5.41, 5.74) is 2.40. The zero-order valence-electron chi connectivity index (χ0n) is 12.8. The molecule has 0 fully saturated rings. The van der Waals surface area contributed by atoms with Gasteiger partial charge in [-0.15, -0.1) is 11.3 Å². The zero-order chi connectivity index (χ0) is 16.4. The number of hydrogen-bond donors (Lipinski definition) is 2. The maximum atomic E-state index is 12.5. The predicted octanol–water partition coefficient (Wildman–Crippen LogP) is 4.42. The number of fused-ring (bicyclic) bond motifs is 1. The van der Waals surface area contributed by atoms with Crippen LogP contribution in [0, 0.1) is 6.92 Å². The van der Waals surface area contributed by atoms with E-state index >= 15 is 0 Å². The van der Waals surface area contributed by atoms with E-state index in [1.54, 1.807) is 24.3 Å². The van der Waals surface area contributed by atoms with Crippen LogP contribution >= 0.6 is 11.3 Å². The van der Waals surface area contributed by atoms with Crippen molar-refractivity contribution in [3.63, 3.8) is 0 Å². The highest BCUT2D eigenvalue weighted by Gasteiger charge is 2.15. The first-order chi connectivity index (χ1) is 11.0. The number of aryl methyl sites for hydroxylation is 1. The second-order valence-corrected chi connectivity index (χ2v) is 6.32. The van der Waals surface area contributed by atoms with Gasteiger partial charge in [0, 0.05) is 23.0 Å². The highest BCUT2D eigenvalue weighted by Crippen LogP contribution is 2.31. The lowest BCUT2D eigenvalue weighted by atomic mass is 10.1. The molecule has 0 radical (unpaired) electrons. The number of hydrogen-bond acceptors (Lipinski definition) is 3. The Morgan fingerprint density at radius 2 is 1.52 bits per heavy atom. The van der Waals surface area contributed by atoms with Crippen LogP contribution in [0.2, 0.25) is 0 Å². The van der Waals surface area contributed by atoms with Crippen molar-refractivity contribution in [3.8, 4) is 0 Å². The summed E-state index contributed by atoms with van der Waals surface area (Å²) in [5, 5.41) is 6.71. The van der Waals surface area contributed by atoms with Gasteiger partial charge in [0.25, 0.3) is 5.91 Å². The summed E-state index contributed by atoms with van der Waals surface area (Å²) in [6, 6.07) is 15.1. The molecule has 0 saturated carbocycles. The highest BCUT2D eigenvalue weighted by atomic mass is 32.1. The molecule has 4 nitrogen and oxygen atoms in total. The minimum Gasteiger partial charge on any atom is -0.326 e. The molecule has 0 atom stereocenters. The Morgan fingerprint density at radius 1 is 0.913 bits per heavy atom. The van der Waals surface area contributed by atoms with E-state index in [1.165, 1.54) is 18.3 Å². The number of thiophene rings is 1. The molecule has 5 heteroatoms. The maximum Gasteiger partial charge on any atom is 0.266 e. The van der Waals surface area contributed by atoms with Crippen molar-refractivity contribution in [3.05, 3.63) is 59.0 Å². The van der Waals surface area contributed by atoms with Crippen LogP contribution in [-0.4, -0.2) is 11.8 Å². The van der Waals surface area contributed by atoms with Gasteiger partial charge < -0.3 is 10.6 Å². The Balaban J connectivity index is 1.80. The molecule has 0 aliphatic rings. The monoisotopic (exact) mass is 324 g/mol. The van der Waals surface area contributed by atoms with Gasteiger partial charge in [-0.3, -0.25) is 9.59 Å². The van der Waals surface area contributed by atoms with E-state index in [0.717, 1.165) is 20.5 Å². The van der Waals surface area contributed by atoms with Crippen LogP contribution in [0.4, 0.5) is 11.4 Å². The lowest BCUT2D eigenvalue weighted by Gasteiger charge is -2.06. The normalized spacial score (nSPS) is 10.5. The number of carbonyl (C=O) groups is 2. The molecule has 2 N–H and O–H groups in total. The molecule has 1 aromatic heterocycles. The number of carbonyl (C=O) groups excluding carboxylic acids is 2. The molecule has 1 heterocycles. The van der Waals surface area contributed by atoms with Crippen molar-refractivity contribution in [1.82, 2.24) is 0 Å². The van der Waals surface area contributed by atoms with Crippen molar-refractivity contribution in [1.29, 1.82) is 0 Å². The smallest absolute Gasteiger partial charge is 0.266 e. The van der Waals surface area contributed by atoms with Gasteiger partial charge >= 0.3 is 0 Å². The molecule has 0 unspecified atom stereocenters. The van der Waals surface area contributed by atoms with E-state index in [-0.39, 0.29) is 11.8 Å². The molecule has 3 rings (SSSR count). The average molecular weight is 324 g/mol. The van der Waals surface area contributed by atoms with Crippen molar-refractivity contribution < 1.29 is 9.59 Å². The van der Waals surface area contributed by atoms with Gasteiger partial charge in [-0.2, -0.15) is 0 Å². The topological polar surface area (TPSA) is 58.2 Å². The third kappa shape index (κ3) is 3.24. The van der Waals surface area contributed by atoms with E-state index in [2.05, 4.69) is 10.6 Å². The Bertz CT molecular complexity index is 882. The lowest BCUT2D eigenvalue weighted by Crippen LogP contribution is -2.11. The fraction of sp³-hybridized carbons (Fsp3) is 0.111. The molecule has 2 aromatic carbocycles. The molecular formula is C18H16N2O2S. The van der Waals surface area contributed by atoms with Crippen LogP contribution in [0.3, 0.4) is 0 Å². The summed E-state index contributed by atoms with van der Waals surface area (Å²) >= 11 is 1.49. The van der Waals surface area contributed by atoms with Crippen LogP contribution in [-0.2, 0) is 4.79 Å². The molecule has 23 heavy (non-hydrogen) atoms. The molecule has 0 aliphatic carbocycles. The summed E-state index contributed by atoms with van der Waals surface area (Å²) in [7, 11) is 0. The van der Waals surface area contributed by atoms with Gasteiger partial charge in [0.2, 0.25) is 5.91 Å². The van der Waals surface area contributed by atoms with E-state index in [1.807, 2.05) is 31.2 Å². The lowest BCUT2D eigenvalue weighted by molar-refractivity contribution is -0.114. The van der Waals surface area contributed by atoms with Crippen molar-refractivity contribution in [2.75, 3.05) is 10.6 Å². The van der Waals surface area contributed by atoms with Crippen LogP contribution in [0.25, 0.3) is 10.1 Å². The molecule has 0 spiro atoms. The highest BCUT2D eigenvalue weighted by molar-refractivity contribution is 7.21. The molecular weight excluding hydrogens is 308 g/mol. The van der Waals surface area contributed by atoms with E-state index in [9.17, 15) is 9.59 Å². The summed E-state index contributed by atoms with van der Waals surface area (Å²) in [6.45, 7) is 3.42. The summed E-state index contributed by atoms with van der Waals surface area (Å²) in [4.78, 5) is 24.2. The van der Waals surface area contributed by atoms with Crippen LogP contribution in [0.5, 0.6) is 0 Å². The Labute approximate surface area is 138 Å². The van der Waals surface area contributed by atoms with Crippen molar-refractivity contribution in [2.45, 2.75) is 13.8 Å². The second kappa shape index (κ2) is 6.22. The van der Waals surface area contributed by atoms with E-state index in [4.69, 9.17) is 0 Å². The van der Waals surface area contributed by atoms with Gasteiger partial charge in [-0.05, 0) is 48.2 Å². The minimum atomic E-state index is -0.123. The zero-order valence-corrected chi connectivity index (χ0v) is 13.7. The van der Waals surface area contributed by atoms with Gasteiger partial charge in [-0.25, -0.2) is 0 Å². The summed E-state index contributed by atoms with van der Waals surface area (Å²) < 4.78 is 1.11. The Morgan fingerprint density at radius 3 is 2.13 bits per heavy atom. The minimum absolute atomic E-state index is 0.115. The van der Waals surface area contributed by atoms with Gasteiger partial charge in [-0.1, -0.05) is 18.2 Å². The second-order valence-electron chi connectivity index (χ2n) is 5.27. The molecule has 0 bridgehead atoms. The summed E-state index contributed by atoms with van der Waals surface area (Å²) in [6.07, 6.45) is 0. The number of anilines is 2. The quantitative estimate of drug-likeness (QED) is 0.749. The number of amides is 2. The predicted molar refractivity (Wildman–Crippen MR) is 95.3 cm³/mol. The molecule has 3 aromatic rings. The average Bonchev–Trinajstić information content (AvgIpc) is 2.86. The van der Waals surface area contributed by atoms with Crippen LogP contribution in [0.15, 0.2) is 48.5 Å². The molecule has 0 saturated heterocycles. The van der Waals surface area contributed by atoms with Gasteiger partial charge in [0.1, 0.15) is 0 Å². The number of benzene rings is 2. The largest absolute Gasteiger partial charge is 0.326 e. The van der Waals surface area contributed by atoms with Gasteiger partial charge in [0.05, 0.1) is 4.88 Å². The van der Waals surface area contributed by atoms with Crippen molar-refractivity contribution in [2.24, 2.45) is 0 Å². The fourth-order valence-electron chi connectivity index (χ4n) is 2.42. The SMILES string of the molecule is CC(=O)Nc1ccc(NC(=O)c2sc3ccccc3c2C)cc1. The first-order valence-corrected chi connectivity index (χ1v) is 8.03. The third-order valence-electron chi connectivity index (χ3n) is 3.51. The van der Waals surface area contributed by atoms with Gasteiger partial charge in [0.15, 0.2) is 0 Å². The standard InChI is InChI=1S/C18H16N2O2S/c1-11-15-5-3-4-6-16(15)23-17(11)18(22)20-14-9-7-13(8-10-14)19-12(2)21/h3-10H,1-2H3,(H,19,21)(H,20,22). The summed E-state index contributed by atoms with van der Waals surface area (Å²) in [5.74, 6) is -0.237.